The molecule has 6 heteroatoms. The monoisotopic (exact) mass is 353 g/mol. The van der Waals surface area contributed by atoms with E-state index in [1.165, 1.54) is 10.7 Å². The predicted molar refractivity (Wildman–Crippen MR) is 97.9 cm³/mol. The van der Waals surface area contributed by atoms with Crippen LogP contribution in [0.1, 0.15) is 16.1 Å². The van der Waals surface area contributed by atoms with Gasteiger partial charge in [-0.3, -0.25) is 4.79 Å². The van der Waals surface area contributed by atoms with Gasteiger partial charge in [-0.1, -0.05) is 29.8 Å². The van der Waals surface area contributed by atoms with Gasteiger partial charge in [-0.05, 0) is 37.3 Å². The molecule has 0 aliphatic carbocycles. The highest BCUT2D eigenvalue weighted by atomic mass is 19.1. The Balaban J connectivity index is 2.04. The molecule has 1 aromatic heterocycles. The van der Waals surface area contributed by atoms with Crippen molar-refractivity contribution < 1.29 is 13.9 Å². The zero-order chi connectivity index (χ0) is 18.5. The van der Waals surface area contributed by atoms with Crippen LogP contribution in [-0.4, -0.2) is 35.9 Å². The average Bonchev–Trinajstić information content (AvgIpc) is 3.08. The number of ether oxygens (including phenoxy) is 1. The van der Waals surface area contributed by atoms with Crippen LogP contribution in [0, 0.1) is 12.7 Å². The van der Waals surface area contributed by atoms with Crippen LogP contribution in [0.4, 0.5) is 4.39 Å². The van der Waals surface area contributed by atoms with E-state index in [9.17, 15) is 9.18 Å². The molecular formula is C20H20FN3O2. The van der Waals surface area contributed by atoms with Gasteiger partial charge in [0, 0.05) is 19.2 Å². The summed E-state index contributed by atoms with van der Waals surface area (Å²) in [6.45, 7) is 2.77. The maximum Gasteiger partial charge on any atom is 0.270 e. The Morgan fingerprint density at radius 2 is 1.92 bits per heavy atom. The SMILES string of the molecule is COCCNC(=O)c1cc(-c2ccccc2F)nn1-c1ccc(C)cc1. The fraction of sp³-hybridized carbons (Fsp3) is 0.200. The van der Waals surface area contributed by atoms with E-state index in [1.807, 2.05) is 31.2 Å². The van der Waals surface area contributed by atoms with Gasteiger partial charge >= 0.3 is 0 Å². The molecule has 0 saturated carbocycles. The van der Waals surface area contributed by atoms with E-state index in [-0.39, 0.29) is 11.7 Å². The van der Waals surface area contributed by atoms with E-state index in [2.05, 4.69) is 10.4 Å². The fourth-order valence-corrected chi connectivity index (χ4v) is 2.58. The Kier molecular flexibility index (Phi) is 5.43. The summed E-state index contributed by atoms with van der Waals surface area (Å²) in [5.74, 6) is -0.676. The van der Waals surface area contributed by atoms with Crippen molar-refractivity contribution in [3.63, 3.8) is 0 Å². The average molecular weight is 353 g/mol. The molecule has 0 bridgehead atoms. The van der Waals surface area contributed by atoms with Gasteiger partial charge < -0.3 is 10.1 Å². The molecule has 0 aliphatic rings. The molecular weight excluding hydrogens is 333 g/mol. The minimum absolute atomic E-state index is 0.294. The van der Waals surface area contributed by atoms with Gasteiger partial charge in [0.15, 0.2) is 0 Å². The summed E-state index contributed by atoms with van der Waals surface area (Å²) in [4.78, 5) is 12.6. The van der Waals surface area contributed by atoms with E-state index >= 15 is 0 Å². The number of benzene rings is 2. The van der Waals surface area contributed by atoms with Gasteiger partial charge in [0.1, 0.15) is 11.5 Å². The maximum absolute atomic E-state index is 14.2. The molecule has 5 nitrogen and oxygen atoms in total. The van der Waals surface area contributed by atoms with Crippen molar-refractivity contribution in [2.75, 3.05) is 20.3 Å². The molecule has 0 radical (unpaired) electrons. The zero-order valence-electron chi connectivity index (χ0n) is 14.7. The van der Waals surface area contributed by atoms with Crippen LogP contribution in [-0.2, 0) is 4.74 Å². The number of halogens is 1. The molecule has 1 N–H and O–H groups in total. The zero-order valence-corrected chi connectivity index (χ0v) is 14.7. The molecule has 0 spiro atoms. The number of amides is 1. The number of hydrogen-bond acceptors (Lipinski definition) is 3. The van der Waals surface area contributed by atoms with E-state index in [0.717, 1.165) is 11.3 Å². The molecule has 0 atom stereocenters. The van der Waals surface area contributed by atoms with Crippen molar-refractivity contribution in [3.05, 3.63) is 71.7 Å². The minimum Gasteiger partial charge on any atom is -0.383 e. The van der Waals surface area contributed by atoms with Crippen molar-refractivity contribution in [1.82, 2.24) is 15.1 Å². The van der Waals surface area contributed by atoms with Gasteiger partial charge in [-0.2, -0.15) is 5.10 Å². The van der Waals surface area contributed by atoms with Gasteiger partial charge in [-0.15, -0.1) is 0 Å². The number of aryl methyl sites for hydroxylation is 1. The van der Waals surface area contributed by atoms with Crippen molar-refractivity contribution >= 4 is 5.91 Å². The number of carbonyl (C=O) groups is 1. The number of methoxy groups -OCH3 is 1. The molecule has 3 rings (SSSR count). The van der Waals surface area contributed by atoms with Gasteiger partial charge in [0.25, 0.3) is 5.91 Å². The van der Waals surface area contributed by atoms with Crippen molar-refractivity contribution in [1.29, 1.82) is 0 Å². The van der Waals surface area contributed by atoms with Crippen LogP contribution in [0.25, 0.3) is 16.9 Å². The highest BCUT2D eigenvalue weighted by Crippen LogP contribution is 2.24. The highest BCUT2D eigenvalue weighted by Gasteiger charge is 2.18. The molecule has 3 aromatic rings. The maximum atomic E-state index is 14.2. The Hall–Kier alpha value is -2.99. The van der Waals surface area contributed by atoms with Crippen LogP contribution in [0.5, 0.6) is 0 Å². The van der Waals surface area contributed by atoms with Crippen LogP contribution in [0.3, 0.4) is 0 Å². The first-order chi connectivity index (χ1) is 12.6. The number of carbonyl (C=O) groups excluding carboxylic acids is 1. The van der Waals surface area contributed by atoms with Gasteiger partial charge in [0.2, 0.25) is 0 Å². The normalized spacial score (nSPS) is 10.7. The predicted octanol–water partition coefficient (Wildman–Crippen LogP) is 3.36. The summed E-state index contributed by atoms with van der Waals surface area (Å²) in [6, 6.07) is 15.6. The summed E-state index contributed by atoms with van der Waals surface area (Å²) in [5, 5.41) is 7.26. The number of aromatic nitrogens is 2. The van der Waals surface area contributed by atoms with E-state index in [1.54, 1.807) is 31.4 Å². The Labute approximate surface area is 151 Å². The summed E-state index contributed by atoms with van der Waals surface area (Å²) in [5.41, 5.74) is 2.92. The van der Waals surface area contributed by atoms with E-state index in [4.69, 9.17) is 4.74 Å². The van der Waals surface area contributed by atoms with E-state index < -0.39 is 0 Å². The number of nitrogens with zero attached hydrogens (tertiary/aromatic N) is 2. The van der Waals surface area contributed by atoms with Crippen molar-refractivity contribution in [2.45, 2.75) is 6.92 Å². The second-order valence-electron chi connectivity index (χ2n) is 5.89. The molecule has 0 aliphatic heterocycles. The first kappa shape index (κ1) is 17.8. The third kappa shape index (κ3) is 3.81. The van der Waals surface area contributed by atoms with Gasteiger partial charge in [-0.25, -0.2) is 9.07 Å². The van der Waals surface area contributed by atoms with E-state index in [0.29, 0.717) is 30.1 Å². The lowest BCUT2D eigenvalue weighted by Gasteiger charge is -2.08. The first-order valence-corrected chi connectivity index (χ1v) is 8.29. The summed E-state index contributed by atoms with van der Waals surface area (Å²) in [7, 11) is 1.57. The lowest BCUT2D eigenvalue weighted by atomic mass is 10.1. The Bertz CT molecular complexity index is 904. The van der Waals surface area contributed by atoms with Crippen molar-refractivity contribution in [2.24, 2.45) is 0 Å². The molecule has 0 saturated heterocycles. The van der Waals surface area contributed by atoms with Gasteiger partial charge in [0.05, 0.1) is 18.0 Å². The van der Waals surface area contributed by atoms with Crippen LogP contribution in [0.2, 0.25) is 0 Å². The third-order valence-electron chi connectivity index (χ3n) is 3.96. The van der Waals surface area contributed by atoms with Crippen LogP contribution in [0.15, 0.2) is 54.6 Å². The minimum atomic E-state index is -0.382. The Morgan fingerprint density at radius 1 is 1.19 bits per heavy atom. The topological polar surface area (TPSA) is 56.1 Å². The molecule has 26 heavy (non-hydrogen) atoms. The molecule has 0 unspecified atom stereocenters. The smallest absolute Gasteiger partial charge is 0.270 e. The number of rotatable bonds is 6. The molecule has 1 heterocycles. The number of hydrogen-bond donors (Lipinski definition) is 1. The fourth-order valence-electron chi connectivity index (χ4n) is 2.58. The molecule has 2 aromatic carbocycles. The lowest BCUT2D eigenvalue weighted by molar-refractivity contribution is 0.0929. The summed E-state index contributed by atoms with van der Waals surface area (Å²) in [6.07, 6.45) is 0. The summed E-state index contributed by atoms with van der Waals surface area (Å²) < 4.78 is 20.6. The first-order valence-electron chi connectivity index (χ1n) is 8.29. The van der Waals surface area contributed by atoms with Crippen molar-refractivity contribution in [3.8, 4) is 16.9 Å². The second-order valence-corrected chi connectivity index (χ2v) is 5.89. The summed E-state index contributed by atoms with van der Waals surface area (Å²) >= 11 is 0. The standard InChI is InChI=1S/C20H20FN3O2/c1-14-7-9-15(10-8-14)24-19(20(25)22-11-12-26-2)13-18(23-24)16-5-3-4-6-17(16)21/h3-10,13H,11-12H2,1-2H3,(H,22,25). The lowest BCUT2D eigenvalue weighted by Crippen LogP contribution is -2.28. The quantitative estimate of drug-likeness (QED) is 0.692. The molecule has 1 amide bonds. The second kappa shape index (κ2) is 7.93. The van der Waals surface area contributed by atoms with Crippen LogP contribution < -0.4 is 5.32 Å². The highest BCUT2D eigenvalue weighted by molar-refractivity contribution is 5.94. The molecule has 0 fully saturated rings. The largest absolute Gasteiger partial charge is 0.383 e. The number of nitrogens with one attached hydrogen (secondary N) is 1. The third-order valence-corrected chi connectivity index (χ3v) is 3.96. The Morgan fingerprint density at radius 3 is 2.62 bits per heavy atom. The molecule has 134 valence electrons. The van der Waals surface area contributed by atoms with Crippen LogP contribution >= 0.6 is 0 Å².